The molecule has 31 heavy (non-hydrogen) atoms. The number of nitrogens with one attached hydrogen (secondary N) is 3. The van der Waals surface area contributed by atoms with Crippen LogP contribution in [0.1, 0.15) is 24.5 Å². The van der Waals surface area contributed by atoms with Crippen LogP contribution in [-0.4, -0.2) is 55.4 Å². The van der Waals surface area contributed by atoms with Gasteiger partial charge in [0.1, 0.15) is 18.1 Å². The van der Waals surface area contributed by atoms with E-state index in [1.54, 1.807) is 14.0 Å². The van der Waals surface area contributed by atoms with Crippen LogP contribution in [0, 0.1) is 12.8 Å². The smallest absolute Gasteiger partial charge is 0.325 e. The lowest BCUT2D eigenvalue weighted by Gasteiger charge is -2.25. The molecule has 10 nitrogen and oxygen atoms in total. The van der Waals surface area contributed by atoms with Crippen LogP contribution in [0.5, 0.6) is 5.75 Å². The number of urea groups is 1. The molecule has 1 aliphatic rings. The molecule has 10 heteroatoms. The SMILES string of the molecule is C=C(ONC=O)C(CC)NC(=O)N1CC(=O)NC[C@@H](Cc2cc(C)ccc2OC)C1=O. The van der Waals surface area contributed by atoms with E-state index in [0.29, 0.717) is 25.0 Å². The second kappa shape index (κ2) is 11.0. The summed E-state index contributed by atoms with van der Waals surface area (Å²) in [4.78, 5) is 54.3. The zero-order chi connectivity index (χ0) is 23.0. The monoisotopic (exact) mass is 432 g/mol. The zero-order valence-electron chi connectivity index (χ0n) is 17.9. The third-order valence-corrected chi connectivity index (χ3v) is 4.94. The number of carbonyl (C=O) groups is 4. The molecule has 1 aromatic rings. The van der Waals surface area contributed by atoms with Gasteiger partial charge >= 0.3 is 6.03 Å². The van der Waals surface area contributed by atoms with E-state index >= 15 is 0 Å². The normalized spacial score (nSPS) is 17.1. The maximum atomic E-state index is 13.2. The molecule has 2 atom stereocenters. The quantitative estimate of drug-likeness (QED) is 0.301. The summed E-state index contributed by atoms with van der Waals surface area (Å²) in [6.07, 6.45) is 1.01. The van der Waals surface area contributed by atoms with Crippen LogP contribution in [0.3, 0.4) is 0 Å². The van der Waals surface area contributed by atoms with Crippen molar-refractivity contribution >= 4 is 24.3 Å². The number of ether oxygens (including phenoxy) is 1. The number of nitrogens with zero attached hydrogens (tertiary/aromatic N) is 1. The van der Waals surface area contributed by atoms with E-state index in [1.165, 1.54) is 0 Å². The lowest BCUT2D eigenvalue weighted by molar-refractivity contribution is -0.133. The Kier molecular flexibility index (Phi) is 8.42. The standard InChI is InChI=1S/C21H28N4O6/c1-5-17(14(3)31-23-12-26)24-21(29)25-11-19(27)22-10-16(20(25)28)9-15-8-13(2)6-7-18(15)30-4/h6-8,12,16-17H,3,5,9-11H2,1-2,4H3,(H,22,27)(H,23,26)(H,24,29)/t16-,17?/m1/s1. The molecule has 1 unspecified atom stereocenters. The lowest BCUT2D eigenvalue weighted by Crippen LogP contribution is -2.51. The van der Waals surface area contributed by atoms with Crippen LogP contribution in [0.25, 0.3) is 0 Å². The highest BCUT2D eigenvalue weighted by atomic mass is 16.7. The fraction of sp³-hybridized carbons (Fsp3) is 0.429. The molecule has 1 aliphatic heterocycles. The van der Waals surface area contributed by atoms with Crippen LogP contribution < -0.4 is 20.9 Å². The average molecular weight is 432 g/mol. The molecule has 0 bridgehead atoms. The fourth-order valence-electron chi connectivity index (χ4n) is 3.29. The Hall–Kier alpha value is -3.56. The third kappa shape index (κ3) is 6.21. The Labute approximate surface area is 180 Å². The second-order valence-corrected chi connectivity index (χ2v) is 7.16. The number of carbonyl (C=O) groups excluding carboxylic acids is 4. The van der Waals surface area contributed by atoms with Gasteiger partial charge in [-0.15, -0.1) is 0 Å². The first-order valence-corrected chi connectivity index (χ1v) is 9.87. The molecule has 168 valence electrons. The van der Waals surface area contributed by atoms with Crippen molar-refractivity contribution in [2.24, 2.45) is 5.92 Å². The van der Waals surface area contributed by atoms with Gasteiger partial charge in [0.05, 0.1) is 19.1 Å². The summed E-state index contributed by atoms with van der Waals surface area (Å²) in [5, 5.41) is 5.31. The van der Waals surface area contributed by atoms with Gasteiger partial charge in [0.15, 0.2) is 0 Å². The summed E-state index contributed by atoms with van der Waals surface area (Å²) < 4.78 is 5.38. The Balaban J connectivity index is 2.19. The first-order chi connectivity index (χ1) is 14.8. The molecule has 0 aromatic heterocycles. The summed E-state index contributed by atoms with van der Waals surface area (Å²) in [7, 11) is 1.55. The van der Waals surface area contributed by atoms with Crippen molar-refractivity contribution < 1.29 is 28.8 Å². The van der Waals surface area contributed by atoms with Gasteiger partial charge in [0.25, 0.3) is 0 Å². The van der Waals surface area contributed by atoms with Gasteiger partial charge in [-0.2, -0.15) is 5.48 Å². The average Bonchev–Trinajstić information content (AvgIpc) is 2.89. The molecule has 0 saturated carbocycles. The molecule has 1 saturated heterocycles. The molecule has 5 amide bonds. The topological polar surface area (TPSA) is 126 Å². The Bertz CT molecular complexity index is 856. The molecular formula is C21H28N4O6. The number of benzene rings is 1. The second-order valence-electron chi connectivity index (χ2n) is 7.16. The predicted molar refractivity (Wildman–Crippen MR) is 112 cm³/mol. The number of amides is 5. The van der Waals surface area contributed by atoms with Gasteiger partial charge in [-0.3, -0.25) is 19.3 Å². The van der Waals surface area contributed by atoms with E-state index in [4.69, 9.17) is 9.57 Å². The molecule has 1 fully saturated rings. The highest BCUT2D eigenvalue weighted by molar-refractivity contribution is 6.00. The molecular weight excluding hydrogens is 404 g/mol. The Morgan fingerprint density at radius 2 is 2.16 bits per heavy atom. The van der Waals surface area contributed by atoms with Gasteiger partial charge in [-0.1, -0.05) is 31.2 Å². The molecule has 0 radical (unpaired) electrons. The van der Waals surface area contributed by atoms with Crippen molar-refractivity contribution in [3.63, 3.8) is 0 Å². The van der Waals surface area contributed by atoms with Crippen molar-refractivity contribution in [1.82, 2.24) is 21.0 Å². The largest absolute Gasteiger partial charge is 0.496 e. The van der Waals surface area contributed by atoms with Crippen LogP contribution in [-0.2, 0) is 25.6 Å². The van der Waals surface area contributed by atoms with E-state index in [1.807, 2.05) is 30.6 Å². The van der Waals surface area contributed by atoms with Crippen molar-refractivity contribution in [3.05, 3.63) is 41.7 Å². The number of imide groups is 1. The lowest BCUT2D eigenvalue weighted by atomic mass is 9.96. The zero-order valence-corrected chi connectivity index (χ0v) is 17.9. The molecule has 2 rings (SSSR count). The number of hydroxylamine groups is 1. The molecule has 1 heterocycles. The number of aryl methyl sites for hydroxylation is 1. The first-order valence-electron chi connectivity index (χ1n) is 9.87. The van der Waals surface area contributed by atoms with Gasteiger partial charge in [0.2, 0.25) is 18.2 Å². The minimum Gasteiger partial charge on any atom is -0.496 e. The van der Waals surface area contributed by atoms with Crippen LogP contribution >= 0.6 is 0 Å². The van der Waals surface area contributed by atoms with Gasteiger partial charge in [0, 0.05) is 6.54 Å². The van der Waals surface area contributed by atoms with E-state index < -0.39 is 36.3 Å². The van der Waals surface area contributed by atoms with Crippen molar-refractivity contribution in [2.75, 3.05) is 20.2 Å². The Morgan fingerprint density at radius 3 is 2.81 bits per heavy atom. The van der Waals surface area contributed by atoms with E-state index in [-0.39, 0.29) is 12.3 Å². The summed E-state index contributed by atoms with van der Waals surface area (Å²) in [5.74, 6) is -0.841. The third-order valence-electron chi connectivity index (χ3n) is 4.94. The van der Waals surface area contributed by atoms with Crippen molar-refractivity contribution in [2.45, 2.75) is 32.7 Å². The van der Waals surface area contributed by atoms with Gasteiger partial charge in [-0.05, 0) is 31.4 Å². The molecule has 1 aromatic carbocycles. The summed E-state index contributed by atoms with van der Waals surface area (Å²) in [6.45, 7) is 7.06. The number of methoxy groups -OCH3 is 1. The van der Waals surface area contributed by atoms with Crippen molar-refractivity contribution in [1.29, 1.82) is 0 Å². The fourth-order valence-corrected chi connectivity index (χ4v) is 3.29. The predicted octanol–water partition coefficient (Wildman–Crippen LogP) is 0.800. The maximum absolute atomic E-state index is 13.2. The first kappa shape index (κ1) is 23.7. The van der Waals surface area contributed by atoms with Crippen LogP contribution in [0.4, 0.5) is 4.79 Å². The minimum atomic E-state index is -0.744. The van der Waals surface area contributed by atoms with Crippen LogP contribution in [0.2, 0.25) is 0 Å². The van der Waals surface area contributed by atoms with Gasteiger partial charge in [-0.25, -0.2) is 4.79 Å². The van der Waals surface area contributed by atoms with E-state index in [0.717, 1.165) is 16.0 Å². The van der Waals surface area contributed by atoms with Crippen molar-refractivity contribution in [3.8, 4) is 5.75 Å². The number of hydrogen-bond donors (Lipinski definition) is 3. The molecule has 0 aliphatic carbocycles. The minimum absolute atomic E-state index is 0.0933. The molecule has 3 N–H and O–H groups in total. The maximum Gasteiger partial charge on any atom is 0.325 e. The summed E-state index contributed by atoms with van der Waals surface area (Å²) in [5.41, 5.74) is 3.82. The molecule has 0 spiro atoms. The van der Waals surface area contributed by atoms with Crippen LogP contribution in [0.15, 0.2) is 30.5 Å². The highest BCUT2D eigenvalue weighted by Gasteiger charge is 2.35. The number of hydrogen-bond acceptors (Lipinski definition) is 6. The van der Waals surface area contributed by atoms with E-state index in [9.17, 15) is 19.2 Å². The van der Waals surface area contributed by atoms with E-state index in [2.05, 4.69) is 17.2 Å². The van der Waals surface area contributed by atoms with Gasteiger partial charge < -0.3 is 20.2 Å². The Morgan fingerprint density at radius 1 is 1.42 bits per heavy atom. The highest BCUT2D eigenvalue weighted by Crippen LogP contribution is 2.24. The summed E-state index contributed by atoms with van der Waals surface area (Å²) >= 11 is 0. The number of rotatable bonds is 9. The summed E-state index contributed by atoms with van der Waals surface area (Å²) in [6, 6.07) is 4.22.